The quantitative estimate of drug-likeness (QED) is 0.214. The van der Waals surface area contributed by atoms with Crippen molar-refractivity contribution in [3.05, 3.63) is 76.9 Å². The summed E-state index contributed by atoms with van der Waals surface area (Å²) in [4.78, 5) is 30.6. The number of nitrogen functional groups attached to an aromatic ring is 1. The molecule has 0 fully saturated rings. The third kappa shape index (κ3) is 4.38. The average molecular weight is 434 g/mol. The molecule has 0 radical (unpaired) electrons. The summed E-state index contributed by atoms with van der Waals surface area (Å²) in [6.07, 6.45) is 3.93. The summed E-state index contributed by atoms with van der Waals surface area (Å²) < 4.78 is 6.97. The van der Waals surface area contributed by atoms with Crippen LogP contribution >= 0.6 is 0 Å². The molecule has 0 saturated carbocycles. The summed E-state index contributed by atoms with van der Waals surface area (Å²) in [7, 11) is 0. The number of amides is 1. The van der Waals surface area contributed by atoms with Crippen LogP contribution in [0.5, 0.6) is 0 Å². The molecule has 3 aromatic heterocycles. The highest BCUT2D eigenvalue weighted by Crippen LogP contribution is 2.27. The van der Waals surface area contributed by atoms with Crippen LogP contribution in [0.4, 0.5) is 17.3 Å². The second-order valence-corrected chi connectivity index (χ2v) is 6.57. The van der Waals surface area contributed by atoms with Gasteiger partial charge in [-0.25, -0.2) is 14.6 Å². The van der Waals surface area contributed by atoms with E-state index in [1.165, 1.54) is 24.6 Å². The lowest BCUT2D eigenvalue weighted by atomic mass is 10.3. The molecule has 12 nitrogen and oxygen atoms in total. The molecule has 1 amide bonds. The van der Waals surface area contributed by atoms with Gasteiger partial charge in [-0.3, -0.25) is 14.9 Å². The Kier molecular flexibility index (Phi) is 5.74. The molecule has 32 heavy (non-hydrogen) atoms. The Labute approximate surface area is 181 Å². The minimum absolute atomic E-state index is 0.0966. The zero-order valence-corrected chi connectivity index (χ0v) is 16.6. The van der Waals surface area contributed by atoms with E-state index in [4.69, 9.17) is 10.2 Å². The number of aromatic nitrogens is 4. The van der Waals surface area contributed by atoms with Gasteiger partial charge >= 0.3 is 0 Å². The SMILES string of the molecule is Nc1c(-c2nc(C(=O)NCCNc3ccc([N+](=O)[O-])cn3)co2)cnn1-c1ccccc1. The van der Waals surface area contributed by atoms with Gasteiger partial charge < -0.3 is 20.8 Å². The number of carbonyl (C=O) groups is 1. The third-order valence-electron chi connectivity index (χ3n) is 4.45. The summed E-state index contributed by atoms with van der Waals surface area (Å²) >= 11 is 0. The Morgan fingerprint density at radius 1 is 1.16 bits per heavy atom. The number of carbonyl (C=O) groups excluding carboxylic acids is 1. The van der Waals surface area contributed by atoms with E-state index in [1.54, 1.807) is 4.68 Å². The maximum absolute atomic E-state index is 12.3. The number of hydrogen-bond acceptors (Lipinski definition) is 9. The fourth-order valence-electron chi connectivity index (χ4n) is 2.86. The molecule has 1 aromatic carbocycles. The normalized spacial score (nSPS) is 10.6. The first-order valence-electron chi connectivity index (χ1n) is 9.50. The highest BCUT2D eigenvalue weighted by atomic mass is 16.6. The molecule has 0 atom stereocenters. The zero-order valence-electron chi connectivity index (χ0n) is 16.6. The number of nitro groups is 1. The minimum Gasteiger partial charge on any atom is -0.443 e. The number of hydrogen-bond donors (Lipinski definition) is 3. The minimum atomic E-state index is -0.524. The molecule has 0 bridgehead atoms. The van der Waals surface area contributed by atoms with E-state index in [9.17, 15) is 14.9 Å². The van der Waals surface area contributed by atoms with Gasteiger partial charge in [0.1, 0.15) is 24.1 Å². The van der Waals surface area contributed by atoms with Crippen LogP contribution in [-0.4, -0.2) is 43.7 Å². The van der Waals surface area contributed by atoms with Crippen LogP contribution < -0.4 is 16.4 Å². The maximum atomic E-state index is 12.3. The smallest absolute Gasteiger partial charge is 0.287 e. The van der Waals surface area contributed by atoms with Gasteiger partial charge in [-0.15, -0.1) is 0 Å². The van der Waals surface area contributed by atoms with Crippen LogP contribution in [-0.2, 0) is 0 Å². The van der Waals surface area contributed by atoms with Gasteiger partial charge in [-0.2, -0.15) is 5.10 Å². The van der Waals surface area contributed by atoms with Crippen molar-refractivity contribution < 1.29 is 14.1 Å². The van der Waals surface area contributed by atoms with Crippen LogP contribution in [0.15, 0.2) is 65.5 Å². The number of para-hydroxylation sites is 1. The third-order valence-corrected chi connectivity index (χ3v) is 4.45. The first-order chi connectivity index (χ1) is 15.5. The van der Waals surface area contributed by atoms with Gasteiger partial charge in [-0.05, 0) is 18.2 Å². The molecule has 12 heteroatoms. The van der Waals surface area contributed by atoms with Gasteiger partial charge in [-0.1, -0.05) is 18.2 Å². The lowest BCUT2D eigenvalue weighted by Crippen LogP contribution is -2.29. The Morgan fingerprint density at radius 3 is 2.69 bits per heavy atom. The Hall–Kier alpha value is -4.74. The van der Waals surface area contributed by atoms with Crippen LogP contribution in [0.1, 0.15) is 10.5 Å². The summed E-state index contributed by atoms with van der Waals surface area (Å²) in [6, 6.07) is 12.2. The molecular formula is C20H18N8O4. The van der Waals surface area contributed by atoms with Crippen molar-refractivity contribution in [2.45, 2.75) is 0 Å². The Bertz CT molecular complexity index is 1230. The molecule has 0 saturated heterocycles. The molecular weight excluding hydrogens is 416 g/mol. The molecule has 4 N–H and O–H groups in total. The fraction of sp³-hybridized carbons (Fsp3) is 0.100. The van der Waals surface area contributed by atoms with E-state index in [0.717, 1.165) is 11.9 Å². The van der Waals surface area contributed by atoms with Gasteiger partial charge in [0.05, 0.1) is 22.4 Å². The molecule has 0 spiro atoms. The molecule has 3 heterocycles. The monoisotopic (exact) mass is 434 g/mol. The van der Waals surface area contributed by atoms with Crippen molar-refractivity contribution in [3.8, 4) is 17.1 Å². The van der Waals surface area contributed by atoms with Crippen LogP contribution in [0.3, 0.4) is 0 Å². The van der Waals surface area contributed by atoms with Crippen LogP contribution in [0, 0.1) is 10.1 Å². The molecule has 0 aliphatic heterocycles. The number of pyridine rings is 1. The summed E-state index contributed by atoms with van der Waals surface area (Å²) in [5.74, 6) is 0.555. The molecule has 4 aromatic rings. The second-order valence-electron chi connectivity index (χ2n) is 6.57. The Balaban J connectivity index is 1.33. The predicted octanol–water partition coefficient (Wildman–Crippen LogP) is 2.25. The molecule has 162 valence electrons. The second kappa shape index (κ2) is 8.95. The van der Waals surface area contributed by atoms with E-state index < -0.39 is 10.8 Å². The number of benzene rings is 1. The number of oxazole rings is 1. The first-order valence-corrected chi connectivity index (χ1v) is 9.50. The topological polar surface area (TPSA) is 167 Å². The van der Waals surface area contributed by atoms with Crippen molar-refractivity contribution in [3.63, 3.8) is 0 Å². The number of nitrogens with two attached hydrogens (primary N) is 1. The summed E-state index contributed by atoms with van der Waals surface area (Å²) in [5.41, 5.74) is 7.44. The van der Waals surface area contributed by atoms with E-state index in [-0.39, 0.29) is 23.8 Å². The molecule has 0 aliphatic rings. The number of anilines is 2. The Morgan fingerprint density at radius 2 is 1.97 bits per heavy atom. The molecule has 0 aliphatic carbocycles. The first kappa shape index (κ1) is 20.5. The van der Waals surface area contributed by atoms with Crippen molar-refractivity contribution in [2.24, 2.45) is 0 Å². The van der Waals surface area contributed by atoms with Crippen LogP contribution in [0.2, 0.25) is 0 Å². The van der Waals surface area contributed by atoms with Gasteiger partial charge in [0.2, 0.25) is 5.89 Å². The lowest BCUT2D eigenvalue weighted by Gasteiger charge is -2.06. The van der Waals surface area contributed by atoms with Crippen molar-refractivity contribution in [1.82, 2.24) is 25.1 Å². The predicted molar refractivity (Wildman–Crippen MR) is 115 cm³/mol. The summed E-state index contributed by atoms with van der Waals surface area (Å²) in [6.45, 7) is 0.631. The molecule has 4 rings (SSSR count). The van der Waals surface area contributed by atoms with E-state index in [1.807, 2.05) is 30.3 Å². The van der Waals surface area contributed by atoms with Gasteiger partial charge in [0.25, 0.3) is 11.6 Å². The van der Waals surface area contributed by atoms with Gasteiger partial charge in [0.15, 0.2) is 5.69 Å². The lowest BCUT2D eigenvalue weighted by molar-refractivity contribution is -0.385. The summed E-state index contributed by atoms with van der Waals surface area (Å²) in [5, 5.41) is 20.5. The average Bonchev–Trinajstić information content (AvgIpc) is 3.44. The van der Waals surface area contributed by atoms with Crippen molar-refractivity contribution >= 4 is 23.2 Å². The largest absolute Gasteiger partial charge is 0.443 e. The number of nitrogens with zero attached hydrogens (tertiary/aromatic N) is 5. The van der Waals surface area contributed by atoms with Crippen molar-refractivity contribution in [2.75, 3.05) is 24.1 Å². The number of rotatable bonds is 8. The van der Waals surface area contributed by atoms with Crippen LogP contribution in [0.25, 0.3) is 17.1 Å². The van der Waals surface area contributed by atoms with E-state index in [2.05, 4.69) is 25.7 Å². The number of nitrogens with one attached hydrogen (secondary N) is 2. The zero-order chi connectivity index (χ0) is 22.5. The highest BCUT2D eigenvalue weighted by molar-refractivity contribution is 5.92. The van der Waals surface area contributed by atoms with E-state index in [0.29, 0.717) is 23.7 Å². The highest BCUT2D eigenvalue weighted by Gasteiger charge is 2.18. The molecule has 0 unspecified atom stereocenters. The fourth-order valence-corrected chi connectivity index (χ4v) is 2.86. The standard InChI is InChI=1S/C20H18N8O4/c21-18-15(11-25-27(18)13-4-2-1-3-5-13)20-26-16(12-32-20)19(29)23-9-8-22-17-7-6-14(10-24-17)28(30)31/h1-7,10-12H,8-9,21H2,(H,22,24)(H,23,29). The van der Waals surface area contributed by atoms with Gasteiger partial charge in [0, 0.05) is 19.2 Å². The van der Waals surface area contributed by atoms with Crippen molar-refractivity contribution in [1.29, 1.82) is 0 Å². The maximum Gasteiger partial charge on any atom is 0.287 e. The van der Waals surface area contributed by atoms with E-state index >= 15 is 0 Å².